The van der Waals surface area contributed by atoms with Crippen LogP contribution in [-0.4, -0.2) is 6.04 Å². The van der Waals surface area contributed by atoms with Crippen molar-refractivity contribution in [3.05, 3.63) is 35.1 Å². The summed E-state index contributed by atoms with van der Waals surface area (Å²) in [6, 6.07) is 2.20. The molecule has 4 heteroatoms. The van der Waals surface area contributed by atoms with E-state index >= 15 is 0 Å². The maximum Gasteiger partial charge on any atom is 0.194 e. The number of halogens is 3. The average molecular weight is 215 g/mol. The minimum absolute atomic E-state index is 0.0459. The van der Waals surface area contributed by atoms with E-state index in [0.717, 1.165) is 12.1 Å². The van der Waals surface area contributed by atoms with Crippen molar-refractivity contribution >= 4 is 0 Å². The van der Waals surface area contributed by atoms with Gasteiger partial charge in [-0.1, -0.05) is 6.92 Å². The lowest BCUT2D eigenvalue weighted by atomic mass is 9.67. The summed E-state index contributed by atoms with van der Waals surface area (Å²) in [6.07, 6.45) is 0.700. The topological polar surface area (TPSA) is 26.0 Å². The van der Waals surface area contributed by atoms with Crippen LogP contribution in [0.2, 0.25) is 0 Å². The van der Waals surface area contributed by atoms with E-state index in [1.54, 1.807) is 0 Å². The van der Waals surface area contributed by atoms with Crippen LogP contribution >= 0.6 is 0 Å². The molecule has 0 saturated heterocycles. The number of nitrogens with two attached hydrogens (primary N) is 1. The van der Waals surface area contributed by atoms with E-state index in [1.807, 2.05) is 6.92 Å². The van der Waals surface area contributed by atoms with Gasteiger partial charge < -0.3 is 5.73 Å². The van der Waals surface area contributed by atoms with Gasteiger partial charge in [-0.05, 0) is 36.0 Å². The average Bonchev–Trinajstić information content (AvgIpc) is 2.21. The Morgan fingerprint density at radius 2 is 1.73 bits per heavy atom. The predicted molar refractivity (Wildman–Crippen MR) is 50.8 cm³/mol. The lowest BCUT2D eigenvalue weighted by Crippen LogP contribution is -2.44. The molecule has 1 aromatic carbocycles. The SMILES string of the molecule is CC1C(N)CC1c1cc(F)c(F)c(F)c1. The van der Waals surface area contributed by atoms with Crippen molar-refractivity contribution in [2.75, 3.05) is 0 Å². The third-order valence-electron chi connectivity index (χ3n) is 3.27. The standard InChI is InChI=1S/C11H12F3N/c1-5-7(4-10(5)15)6-2-8(12)11(14)9(13)3-6/h2-3,5,7,10H,4,15H2,1H3. The lowest BCUT2D eigenvalue weighted by Gasteiger charge is -2.40. The minimum atomic E-state index is -1.41. The maximum absolute atomic E-state index is 12.9. The zero-order valence-corrected chi connectivity index (χ0v) is 8.31. The number of hydrogen-bond acceptors (Lipinski definition) is 1. The fourth-order valence-electron chi connectivity index (χ4n) is 2.05. The molecule has 1 nitrogen and oxygen atoms in total. The molecular formula is C11H12F3N. The molecule has 1 aromatic rings. The molecule has 0 heterocycles. The highest BCUT2D eigenvalue weighted by Gasteiger charge is 2.36. The normalized spacial score (nSPS) is 30.1. The van der Waals surface area contributed by atoms with Crippen LogP contribution in [0.25, 0.3) is 0 Å². The molecule has 0 aromatic heterocycles. The van der Waals surface area contributed by atoms with Crippen LogP contribution in [0, 0.1) is 23.4 Å². The summed E-state index contributed by atoms with van der Waals surface area (Å²) in [5.74, 6) is -3.43. The highest BCUT2D eigenvalue weighted by molar-refractivity contribution is 5.26. The second kappa shape index (κ2) is 3.52. The van der Waals surface area contributed by atoms with Crippen LogP contribution in [-0.2, 0) is 0 Å². The van der Waals surface area contributed by atoms with E-state index in [2.05, 4.69) is 0 Å². The highest BCUT2D eigenvalue weighted by Crippen LogP contribution is 2.41. The van der Waals surface area contributed by atoms with Gasteiger partial charge in [0.05, 0.1) is 0 Å². The fourth-order valence-corrected chi connectivity index (χ4v) is 2.05. The summed E-state index contributed by atoms with van der Waals surface area (Å²) in [7, 11) is 0. The van der Waals surface area contributed by atoms with Gasteiger partial charge in [0, 0.05) is 6.04 Å². The second-order valence-corrected chi connectivity index (χ2v) is 4.16. The van der Waals surface area contributed by atoms with Crippen LogP contribution in [0.1, 0.15) is 24.8 Å². The first-order chi connectivity index (χ1) is 7.00. The molecule has 0 radical (unpaired) electrons. The first-order valence-corrected chi connectivity index (χ1v) is 4.90. The first-order valence-electron chi connectivity index (χ1n) is 4.90. The van der Waals surface area contributed by atoms with E-state index in [9.17, 15) is 13.2 Å². The van der Waals surface area contributed by atoms with Crippen LogP contribution in [0.3, 0.4) is 0 Å². The van der Waals surface area contributed by atoms with Gasteiger partial charge in [-0.3, -0.25) is 0 Å². The molecule has 0 spiro atoms. The smallest absolute Gasteiger partial charge is 0.194 e. The summed E-state index contributed by atoms with van der Waals surface area (Å²) in [5.41, 5.74) is 6.19. The fraction of sp³-hybridized carbons (Fsp3) is 0.455. The Bertz CT molecular complexity index is 368. The van der Waals surface area contributed by atoms with Gasteiger partial charge in [0.15, 0.2) is 17.5 Å². The molecule has 2 rings (SSSR count). The van der Waals surface area contributed by atoms with Crippen molar-refractivity contribution in [1.29, 1.82) is 0 Å². The van der Waals surface area contributed by atoms with Crippen LogP contribution in [0.5, 0.6) is 0 Å². The zero-order valence-electron chi connectivity index (χ0n) is 8.31. The summed E-state index contributed by atoms with van der Waals surface area (Å²) >= 11 is 0. The molecule has 1 saturated carbocycles. The second-order valence-electron chi connectivity index (χ2n) is 4.16. The van der Waals surface area contributed by atoms with E-state index in [-0.39, 0.29) is 17.9 Å². The molecule has 1 fully saturated rings. The van der Waals surface area contributed by atoms with E-state index in [0.29, 0.717) is 12.0 Å². The summed E-state index contributed by atoms with van der Waals surface area (Å²) in [6.45, 7) is 1.93. The predicted octanol–water partition coefficient (Wildman–Crippen LogP) is 2.55. The van der Waals surface area contributed by atoms with Crippen molar-refractivity contribution in [3.63, 3.8) is 0 Å². The van der Waals surface area contributed by atoms with Crippen molar-refractivity contribution < 1.29 is 13.2 Å². The molecule has 1 aliphatic carbocycles. The molecule has 2 N–H and O–H groups in total. The Labute approximate surface area is 86.1 Å². The molecule has 0 aliphatic heterocycles. The van der Waals surface area contributed by atoms with Crippen LogP contribution in [0.4, 0.5) is 13.2 Å². The third kappa shape index (κ3) is 1.63. The Morgan fingerprint density at radius 1 is 1.20 bits per heavy atom. The van der Waals surface area contributed by atoms with Gasteiger partial charge in [-0.2, -0.15) is 0 Å². The zero-order chi connectivity index (χ0) is 11.2. The monoisotopic (exact) mass is 215 g/mol. The van der Waals surface area contributed by atoms with Gasteiger partial charge in [0.25, 0.3) is 0 Å². The van der Waals surface area contributed by atoms with Crippen molar-refractivity contribution in [2.24, 2.45) is 11.7 Å². The van der Waals surface area contributed by atoms with Gasteiger partial charge in [0.2, 0.25) is 0 Å². The third-order valence-corrected chi connectivity index (χ3v) is 3.27. The van der Waals surface area contributed by atoms with Crippen LogP contribution in [0.15, 0.2) is 12.1 Å². The highest BCUT2D eigenvalue weighted by atomic mass is 19.2. The van der Waals surface area contributed by atoms with Gasteiger partial charge in [0.1, 0.15) is 0 Å². The molecule has 1 aliphatic rings. The molecule has 82 valence electrons. The van der Waals surface area contributed by atoms with Crippen LogP contribution < -0.4 is 5.73 Å². The van der Waals surface area contributed by atoms with Gasteiger partial charge in [-0.25, -0.2) is 13.2 Å². The quantitative estimate of drug-likeness (QED) is 0.716. The molecule has 3 unspecified atom stereocenters. The van der Waals surface area contributed by atoms with Crippen molar-refractivity contribution in [2.45, 2.75) is 25.3 Å². The number of rotatable bonds is 1. The maximum atomic E-state index is 12.9. The van der Waals surface area contributed by atoms with E-state index < -0.39 is 17.5 Å². The summed E-state index contributed by atoms with van der Waals surface area (Å²) in [5, 5.41) is 0. The summed E-state index contributed by atoms with van der Waals surface area (Å²) < 4.78 is 38.6. The number of benzene rings is 1. The summed E-state index contributed by atoms with van der Waals surface area (Å²) in [4.78, 5) is 0. The molecule has 3 atom stereocenters. The van der Waals surface area contributed by atoms with Gasteiger partial charge >= 0.3 is 0 Å². The number of hydrogen-bond donors (Lipinski definition) is 1. The lowest BCUT2D eigenvalue weighted by molar-refractivity contribution is 0.225. The Morgan fingerprint density at radius 3 is 2.13 bits per heavy atom. The van der Waals surface area contributed by atoms with E-state index in [1.165, 1.54) is 0 Å². The van der Waals surface area contributed by atoms with Gasteiger partial charge in [-0.15, -0.1) is 0 Å². The van der Waals surface area contributed by atoms with E-state index in [4.69, 9.17) is 5.73 Å². The molecule has 15 heavy (non-hydrogen) atoms. The molecular weight excluding hydrogens is 203 g/mol. The minimum Gasteiger partial charge on any atom is -0.327 e. The Kier molecular flexibility index (Phi) is 2.46. The largest absolute Gasteiger partial charge is 0.327 e. The molecule has 0 amide bonds. The van der Waals surface area contributed by atoms with Crippen molar-refractivity contribution in [1.82, 2.24) is 0 Å². The van der Waals surface area contributed by atoms with Crippen molar-refractivity contribution in [3.8, 4) is 0 Å². The Balaban J connectivity index is 2.31. The first kappa shape index (κ1) is 10.5. The molecule has 0 bridgehead atoms. The Hall–Kier alpha value is -1.03.